The monoisotopic (exact) mass is 476 g/mol. The largest absolute Gasteiger partial charge is 0.383 e. The fourth-order valence-electron chi connectivity index (χ4n) is 4.32. The number of nitrogens with zero attached hydrogens (tertiary/aromatic N) is 3. The van der Waals surface area contributed by atoms with Gasteiger partial charge in [0, 0.05) is 37.0 Å². The van der Waals surface area contributed by atoms with Gasteiger partial charge in [0.25, 0.3) is 5.91 Å². The molecule has 5 N–H and O–H groups in total. The predicted molar refractivity (Wildman–Crippen MR) is 133 cm³/mol. The standard InChI is InChI=1S/C26H32N6O3/c1-16(27)23(33)10-17-5-3-6-18(9-17)15-35-24-8-4-7-22(24)31-26(34)21-11-19(12-29-25(21)28)20-13-30-32(2)14-20/h3,5-6,9,11-14,16,22,24H,4,7-8,10,15,27H2,1-2H3,(H2,28,29)(H,31,34)/t16-,22-,24-/m0/s1. The first-order chi connectivity index (χ1) is 16.8. The van der Waals surface area contributed by atoms with Gasteiger partial charge >= 0.3 is 0 Å². The molecule has 35 heavy (non-hydrogen) atoms. The van der Waals surface area contributed by atoms with E-state index in [1.807, 2.05) is 37.5 Å². The molecule has 9 heteroatoms. The molecule has 184 valence electrons. The Labute approximate surface area is 204 Å². The van der Waals surface area contributed by atoms with Crippen molar-refractivity contribution in [2.75, 3.05) is 5.73 Å². The van der Waals surface area contributed by atoms with Crippen molar-refractivity contribution in [3.8, 4) is 11.1 Å². The molecule has 3 atom stereocenters. The van der Waals surface area contributed by atoms with Crippen LogP contribution in [-0.4, -0.2) is 44.6 Å². The summed E-state index contributed by atoms with van der Waals surface area (Å²) in [5.41, 5.74) is 15.6. The molecule has 0 unspecified atom stereocenters. The zero-order chi connectivity index (χ0) is 24.9. The molecule has 2 heterocycles. The second-order valence-electron chi connectivity index (χ2n) is 9.17. The Morgan fingerprint density at radius 1 is 1.20 bits per heavy atom. The number of aryl methyl sites for hydroxylation is 1. The van der Waals surface area contributed by atoms with Crippen molar-refractivity contribution in [1.29, 1.82) is 0 Å². The third-order valence-electron chi connectivity index (χ3n) is 6.31. The molecule has 1 aliphatic rings. The van der Waals surface area contributed by atoms with Crippen LogP contribution in [0.2, 0.25) is 0 Å². The Kier molecular flexibility index (Phi) is 7.57. The molecule has 1 aromatic carbocycles. The van der Waals surface area contributed by atoms with Crippen molar-refractivity contribution in [2.45, 2.75) is 57.4 Å². The van der Waals surface area contributed by atoms with E-state index < -0.39 is 6.04 Å². The first kappa shape index (κ1) is 24.6. The van der Waals surface area contributed by atoms with Gasteiger partial charge in [-0.25, -0.2) is 4.98 Å². The topological polar surface area (TPSA) is 138 Å². The second kappa shape index (κ2) is 10.8. The van der Waals surface area contributed by atoms with Crippen molar-refractivity contribution in [3.05, 3.63) is 65.6 Å². The summed E-state index contributed by atoms with van der Waals surface area (Å²) in [4.78, 5) is 29.3. The normalized spacial score (nSPS) is 18.4. The summed E-state index contributed by atoms with van der Waals surface area (Å²) >= 11 is 0. The van der Waals surface area contributed by atoms with E-state index in [4.69, 9.17) is 16.2 Å². The van der Waals surface area contributed by atoms with Gasteiger partial charge in [0.15, 0.2) is 5.78 Å². The number of carbonyl (C=O) groups is 2. The SMILES string of the molecule is C[C@H](N)C(=O)Cc1cccc(CO[C@H]2CCC[C@@H]2NC(=O)c2cc(-c3cnn(C)c3)cnc2N)c1. The van der Waals surface area contributed by atoms with Gasteiger partial charge in [0.2, 0.25) is 0 Å². The lowest BCUT2D eigenvalue weighted by molar-refractivity contribution is -0.119. The molecule has 1 saturated carbocycles. The summed E-state index contributed by atoms with van der Waals surface area (Å²) in [5.74, 6) is -0.0792. The number of carbonyl (C=O) groups excluding carboxylic acids is 2. The maximum absolute atomic E-state index is 13.1. The molecule has 3 aromatic rings. The number of Topliss-reactive ketones (excluding diaryl/α,β-unsaturated/α-hetero) is 1. The number of ether oxygens (including phenoxy) is 1. The number of hydrogen-bond donors (Lipinski definition) is 3. The fraction of sp³-hybridized carbons (Fsp3) is 0.385. The van der Waals surface area contributed by atoms with Gasteiger partial charge in [-0.2, -0.15) is 5.10 Å². The number of pyridine rings is 1. The number of benzene rings is 1. The van der Waals surface area contributed by atoms with Crippen LogP contribution in [0, 0.1) is 0 Å². The van der Waals surface area contributed by atoms with Gasteiger partial charge in [0.1, 0.15) is 5.82 Å². The summed E-state index contributed by atoms with van der Waals surface area (Å²) in [6.45, 7) is 2.10. The minimum absolute atomic E-state index is 0.00278. The second-order valence-corrected chi connectivity index (χ2v) is 9.17. The van der Waals surface area contributed by atoms with E-state index in [0.29, 0.717) is 18.6 Å². The van der Waals surface area contributed by atoms with Crippen LogP contribution in [0.25, 0.3) is 11.1 Å². The number of hydrogen-bond acceptors (Lipinski definition) is 7. The van der Waals surface area contributed by atoms with Crippen LogP contribution < -0.4 is 16.8 Å². The van der Waals surface area contributed by atoms with Crippen molar-refractivity contribution in [1.82, 2.24) is 20.1 Å². The van der Waals surface area contributed by atoms with Crippen molar-refractivity contribution >= 4 is 17.5 Å². The lowest BCUT2D eigenvalue weighted by Crippen LogP contribution is -2.41. The first-order valence-electron chi connectivity index (χ1n) is 11.8. The highest BCUT2D eigenvalue weighted by Crippen LogP contribution is 2.26. The summed E-state index contributed by atoms with van der Waals surface area (Å²) in [5, 5.41) is 7.27. The summed E-state index contributed by atoms with van der Waals surface area (Å²) in [6.07, 6.45) is 8.06. The van der Waals surface area contributed by atoms with Gasteiger partial charge in [-0.3, -0.25) is 14.3 Å². The third kappa shape index (κ3) is 6.12. The van der Waals surface area contributed by atoms with E-state index in [1.165, 1.54) is 0 Å². The van der Waals surface area contributed by atoms with E-state index in [9.17, 15) is 9.59 Å². The Bertz CT molecular complexity index is 1210. The van der Waals surface area contributed by atoms with Crippen LogP contribution in [0.4, 0.5) is 5.82 Å². The molecule has 0 bridgehead atoms. The number of ketones is 1. The Morgan fingerprint density at radius 3 is 2.74 bits per heavy atom. The average Bonchev–Trinajstić information content (AvgIpc) is 3.46. The van der Waals surface area contributed by atoms with Crippen molar-refractivity contribution in [2.24, 2.45) is 12.8 Å². The minimum atomic E-state index is -0.480. The van der Waals surface area contributed by atoms with E-state index in [-0.39, 0.29) is 29.7 Å². The zero-order valence-electron chi connectivity index (χ0n) is 20.1. The average molecular weight is 477 g/mol. The Hall–Kier alpha value is -3.56. The highest BCUT2D eigenvalue weighted by atomic mass is 16.5. The van der Waals surface area contributed by atoms with Gasteiger partial charge < -0.3 is 21.5 Å². The summed E-state index contributed by atoms with van der Waals surface area (Å²) < 4.78 is 7.88. The molecular weight excluding hydrogens is 444 g/mol. The lowest BCUT2D eigenvalue weighted by Gasteiger charge is -2.22. The van der Waals surface area contributed by atoms with Crippen LogP contribution >= 0.6 is 0 Å². The number of amides is 1. The lowest BCUT2D eigenvalue weighted by atomic mass is 10.0. The van der Waals surface area contributed by atoms with E-state index in [1.54, 1.807) is 30.1 Å². The molecule has 1 aliphatic carbocycles. The summed E-state index contributed by atoms with van der Waals surface area (Å²) in [7, 11) is 1.83. The van der Waals surface area contributed by atoms with E-state index in [2.05, 4.69) is 15.4 Å². The molecule has 9 nitrogen and oxygen atoms in total. The van der Waals surface area contributed by atoms with Crippen LogP contribution in [0.5, 0.6) is 0 Å². The number of nitrogen functional groups attached to an aromatic ring is 1. The molecule has 0 saturated heterocycles. The molecule has 0 aliphatic heterocycles. The molecule has 1 amide bonds. The molecule has 4 rings (SSSR count). The minimum Gasteiger partial charge on any atom is -0.383 e. The predicted octanol–water partition coefficient (Wildman–Crippen LogP) is 2.39. The van der Waals surface area contributed by atoms with Gasteiger partial charge in [-0.05, 0) is 43.4 Å². The number of rotatable bonds is 9. The van der Waals surface area contributed by atoms with Gasteiger partial charge in [-0.1, -0.05) is 24.3 Å². The third-order valence-corrected chi connectivity index (χ3v) is 6.31. The molecule has 0 spiro atoms. The van der Waals surface area contributed by atoms with Crippen LogP contribution in [0.3, 0.4) is 0 Å². The van der Waals surface area contributed by atoms with Gasteiger partial charge in [0.05, 0.1) is 36.6 Å². The molecule has 1 fully saturated rings. The molecular formula is C26H32N6O3. The summed E-state index contributed by atoms with van der Waals surface area (Å²) in [6, 6.07) is 8.92. The van der Waals surface area contributed by atoms with Gasteiger partial charge in [-0.15, -0.1) is 0 Å². The van der Waals surface area contributed by atoms with Crippen molar-refractivity contribution < 1.29 is 14.3 Å². The fourth-order valence-corrected chi connectivity index (χ4v) is 4.32. The van der Waals surface area contributed by atoms with E-state index >= 15 is 0 Å². The number of nitrogens with two attached hydrogens (primary N) is 2. The quantitative estimate of drug-likeness (QED) is 0.431. The van der Waals surface area contributed by atoms with E-state index in [0.717, 1.165) is 41.5 Å². The Morgan fingerprint density at radius 2 is 2.00 bits per heavy atom. The number of nitrogens with one attached hydrogen (secondary N) is 1. The maximum atomic E-state index is 13.1. The zero-order valence-corrected chi connectivity index (χ0v) is 20.1. The molecule has 0 radical (unpaired) electrons. The first-order valence-corrected chi connectivity index (χ1v) is 11.8. The van der Waals surface area contributed by atoms with Crippen LogP contribution in [0.1, 0.15) is 47.7 Å². The smallest absolute Gasteiger partial charge is 0.255 e. The highest BCUT2D eigenvalue weighted by Gasteiger charge is 2.30. The maximum Gasteiger partial charge on any atom is 0.255 e. The van der Waals surface area contributed by atoms with Crippen LogP contribution in [0.15, 0.2) is 48.9 Å². The molecule has 2 aromatic heterocycles. The Balaban J connectivity index is 1.38. The van der Waals surface area contributed by atoms with Crippen LogP contribution in [-0.2, 0) is 29.6 Å². The van der Waals surface area contributed by atoms with Crippen molar-refractivity contribution in [3.63, 3.8) is 0 Å². The number of anilines is 1. The number of aromatic nitrogens is 3. The highest BCUT2D eigenvalue weighted by molar-refractivity contribution is 5.99.